The summed E-state index contributed by atoms with van der Waals surface area (Å²) in [6.45, 7) is 2.76. The lowest BCUT2D eigenvalue weighted by molar-refractivity contribution is -0.155. The van der Waals surface area contributed by atoms with Crippen LogP contribution in [0.3, 0.4) is 0 Å². The number of nitrogens with two attached hydrogens (primary N) is 3. The Labute approximate surface area is 499 Å². The molecule has 1 aliphatic rings. The van der Waals surface area contributed by atoms with Crippen molar-refractivity contribution in [2.45, 2.75) is 203 Å². The molecule has 32 heteroatoms. The summed E-state index contributed by atoms with van der Waals surface area (Å²) in [4.78, 5) is 166. The fourth-order valence-corrected chi connectivity index (χ4v) is 8.59. The zero-order valence-corrected chi connectivity index (χ0v) is 49.9. The minimum absolute atomic E-state index is 0.141. The topological polar surface area (TPSA) is 505 Å². The molecule has 85 heavy (non-hydrogen) atoms. The van der Waals surface area contributed by atoms with Gasteiger partial charge in [-0.1, -0.05) is 70.8 Å². The number of aliphatic hydroxyl groups excluding tert-OH is 4. The molecule has 484 valence electrons. The number of esters is 1. The second-order valence-electron chi connectivity index (χ2n) is 20.8. The van der Waals surface area contributed by atoms with Gasteiger partial charge in [0.15, 0.2) is 12.1 Å². The molecule has 1 saturated heterocycles. The number of cyclic esters (lactones) is 1. The molecule has 0 aromatic carbocycles. The lowest BCUT2D eigenvalue weighted by Gasteiger charge is -2.29. The average Bonchev–Trinajstić information content (AvgIpc) is 3.40. The maximum Gasteiger partial charge on any atom is 0.335 e. The quantitative estimate of drug-likeness (QED) is 0.0151. The van der Waals surface area contributed by atoms with E-state index in [0.717, 1.165) is 69.3 Å². The number of aliphatic carboxylic acids is 1. The number of halogens is 1. The van der Waals surface area contributed by atoms with Gasteiger partial charge >= 0.3 is 11.9 Å². The van der Waals surface area contributed by atoms with E-state index in [2.05, 4.69) is 44.1 Å². The monoisotopic (exact) mass is 1230 g/mol. The van der Waals surface area contributed by atoms with Crippen molar-refractivity contribution in [3.63, 3.8) is 0 Å². The predicted molar refractivity (Wildman–Crippen MR) is 306 cm³/mol. The summed E-state index contributed by atoms with van der Waals surface area (Å²) in [7, 11) is 2.70. The number of rotatable bonds is 28. The molecule has 10 amide bonds. The van der Waals surface area contributed by atoms with Crippen LogP contribution in [-0.2, 0) is 62.3 Å². The van der Waals surface area contributed by atoms with Crippen LogP contribution in [0.1, 0.15) is 130 Å². The fraction of sp³-hybridized carbons (Fsp3) is 0.736. The summed E-state index contributed by atoms with van der Waals surface area (Å²) >= 11 is 5.88. The normalized spacial score (nSPS) is 24.2. The molecule has 0 radical (unpaired) electrons. The van der Waals surface area contributed by atoms with Gasteiger partial charge in [0.1, 0.15) is 54.6 Å². The second kappa shape index (κ2) is 41.4. The van der Waals surface area contributed by atoms with E-state index in [4.69, 9.17) is 33.5 Å². The van der Waals surface area contributed by atoms with E-state index < -0.39 is 175 Å². The minimum Gasteiger partial charge on any atom is -0.479 e. The summed E-state index contributed by atoms with van der Waals surface area (Å²) in [5.41, 5.74) is 16.6. The first-order valence-corrected chi connectivity index (χ1v) is 29.1. The van der Waals surface area contributed by atoms with Crippen molar-refractivity contribution >= 4 is 82.6 Å². The Bertz CT molecular complexity index is 2250. The number of carboxylic acids is 1. The zero-order chi connectivity index (χ0) is 64.3. The van der Waals surface area contributed by atoms with Crippen molar-refractivity contribution in [3.05, 3.63) is 11.8 Å². The number of hydrogen-bond donors (Lipinski definition) is 17. The Hall–Kier alpha value is -6.61. The van der Waals surface area contributed by atoms with Crippen LogP contribution in [0.2, 0.25) is 0 Å². The molecule has 1 heterocycles. The van der Waals surface area contributed by atoms with Crippen molar-refractivity contribution in [3.8, 4) is 0 Å². The van der Waals surface area contributed by atoms with E-state index in [1.165, 1.54) is 21.0 Å². The number of unbranched alkanes of at least 4 members (excludes halogenated alkanes) is 9. The van der Waals surface area contributed by atoms with Gasteiger partial charge in [-0.05, 0) is 72.0 Å². The summed E-state index contributed by atoms with van der Waals surface area (Å²) < 4.78 is 5.32. The first-order valence-electron chi connectivity index (χ1n) is 28.6. The number of carbonyl (C=O) groups is 12. The largest absolute Gasteiger partial charge is 0.479 e. The van der Waals surface area contributed by atoms with Crippen LogP contribution in [0.4, 0.5) is 0 Å². The molecule has 0 spiro atoms. The van der Waals surface area contributed by atoms with Gasteiger partial charge in [0.2, 0.25) is 53.2 Å². The minimum atomic E-state index is -2.82. The molecule has 20 N–H and O–H groups in total. The number of ether oxygens (including phenoxy) is 1. The third-order valence-electron chi connectivity index (χ3n) is 13.5. The van der Waals surface area contributed by atoms with E-state index in [1.807, 2.05) is 10.6 Å². The second-order valence-corrected chi connectivity index (χ2v) is 21.1. The van der Waals surface area contributed by atoms with Crippen molar-refractivity contribution < 1.29 is 87.8 Å². The van der Waals surface area contributed by atoms with Crippen LogP contribution in [0.15, 0.2) is 11.8 Å². The number of carboxylic acid groups (broad SMARTS) is 1. The van der Waals surface area contributed by atoms with Gasteiger partial charge in [0.25, 0.3) is 5.91 Å². The lowest BCUT2D eigenvalue weighted by atomic mass is 10.0. The molecule has 0 aromatic heterocycles. The number of hydrogen-bond acceptors (Lipinski definition) is 20. The third kappa shape index (κ3) is 28.4. The van der Waals surface area contributed by atoms with Crippen LogP contribution in [0, 0.1) is 0 Å². The van der Waals surface area contributed by atoms with Gasteiger partial charge in [0.05, 0.1) is 37.0 Å². The van der Waals surface area contributed by atoms with Gasteiger partial charge in [-0.3, -0.25) is 47.9 Å². The molecular weight excluding hydrogens is 1140 g/mol. The zero-order valence-electron chi connectivity index (χ0n) is 49.2. The van der Waals surface area contributed by atoms with Crippen LogP contribution in [-0.4, -0.2) is 220 Å². The summed E-state index contributed by atoms with van der Waals surface area (Å²) in [6, 6.07) is -15.4. The molecule has 1 rings (SSSR count). The van der Waals surface area contributed by atoms with E-state index in [0.29, 0.717) is 12.8 Å². The van der Waals surface area contributed by atoms with E-state index >= 15 is 0 Å². The summed E-state index contributed by atoms with van der Waals surface area (Å²) in [5, 5.41) is 73.1. The number of allylic oxidation sites excluding steroid dienone is 1. The van der Waals surface area contributed by atoms with Crippen molar-refractivity contribution in [2.75, 3.05) is 46.2 Å². The van der Waals surface area contributed by atoms with Crippen molar-refractivity contribution in [1.29, 1.82) is 0 Å². The van der Waals surface area contributed by atoms with E-state index in [-0.39, 0.29) is 51.7 Å². The molecule has 31 nitrogen and oxygen atoms in total. The Balaban J connectivity index is 4.07. The standard InChI is InChI=1S/C53H92ClN13O18/c1-6-8-9-10-11-12-13-14-15-18-30(69)25-38(71)58-36-28-85-53(84)41(37(70)27-54)65-51(81)42(43(73)52(82)83)66-44(74)31(7-2)59-50(80)40(29(3)68)64-47(77)34(21-24-57)61-45(75)32(19-16-17-22-55)60-48(78)35(26-39(72)67(4)5)63-46(76)33(20-23-56)62-49(36)79/h7,29-30,32-37,40-43,68-70,73H,6,8-28,55-57H2,1-5H3,(H,58,71)(H,59,80)(H,60,78)(H,61,75)(H,62,79)(H,63,76)(H,64,77)(H,65,81)(H,66,74)(H,82,83)/b31-7+/t29-,30-,32-,33+,34-,35-,36-,37+,40-,41-,42-,43?/m0/s1. The number of nitrogens with zero attached hydrogens (tertiary/aromatic N) is 1. The molecule has 0 saturated carbocycles. The molecule has 0 bridgehead atoms. The molecular formula is C53H92ClN13O18. The highest BCUT2D eigenvalue weighted by Crippen LogP contribution is 2.14. The predicted octanol–water partition coefficient (Wildman–Crippen LogP) is -5.16. The highest BCUT2D eigenvalue weighted by molar-refractivity contribution is 6.18. The number of carbonyl (C=O) groups excluding carboxylic acids is 11. The number of amides is 10. The average molecular weight is 1230 g/mol. The molecule has 1 unspecified atom stereocenters. The first-order chi connectivity index (χ1) is 40.2. The van der Waals surface area contributed by atoms with Gasteiger partial charge < -0.3 is 100 Å². The number of aliphatic hydroxyl groups is 4. The molecule has 12 atom stereocenters. The Morgan fingerprint density at radius 2 is 1.15 bits per heavy atom. The molecule has 0 aromatic rings. The Morgan fingerprint density at radius 3 is 1.66 bits per heavy atom. The lowest BCUT2D eigenvalue weighted by Crippen LogP contribution is -2.62. The van der Waals surface area contributed by atoms with Gasteiger partial charge in [-0.25, -0.2) is 9.59 Å². The Morgan fingerprint density at radius 1 is 0.647 bits per heavy atom. The van der Waals surface area contributed by atoms with Crippen LogP contribution in [0.5, 0.6) is 0 Å². The van der Waals surface area contributed by atoms with Crippen molar-refractivity contribution in [1.82, 2.24) is 52.8 Å². The van der Waals surface area contributed by atoms with Gasteiger partial charge in [-0.2, -0.15) is 0 Å². The van der Waals surface area contributed by atoms with Crippen LogP contribution in [0.25, 0.3) is 0 Å². The van der Waals surface area contributed by atoms with Crippen molar-refractivity contribution in [2.24, 2.45) is 17.2 Å². The Kier molecular flexibility index (Phi) is 37.3. The molecule has 1 aliphatic heterocycles. The highest BCUT2D eigenvalue weighted by atomic mass is 35.5. The fourth-order valence-electron chi connectivity index (χ4n) is 8.41. The first kappa shape index (κ1) is 76.4. The van der Waals surface area contributed by atoms with E-state index in [1.54, 1.807) is 0 Å². The van der Waals surface area contributed by atoms with Crippen LogP contribution >= 0.6 is 11.6 Å². The maximum atomic E-state index is 14.3. The SMILES string of the molecule is C/C=C1/NC(=O)[C@H]([C@H](C)O)NC(=O)[C@H](CCN)NC(=O)[C@H](CCCCN)NC(=O)[C@H](CC(=O)N(C)C)NC(=O)[C@@H](CCN)NC(=O)[C@@H](NC(=O)C[C@@H](O)CCCCCCCCCCC)COC(=O)[C@H]([C@H](O)CCl)NC(=O)[C@H](C(O)C(=O)O)NC1=O. The molecule has 0 aliphatic carbocycles. The summed E-state index contributed by atoms with van der Waals surface area (Å²) in [6.07, 6.45) is 0.391. The highest BCUT2D eigenvalue weighted by Gasteiger charge is 2.41. The number of alkyl halides is 1. The summed E-state index contributed by atoms with van der Waals surface area (Å²) in [5.74, 6) is -16.4. The maximum absolute atomic E-state index is 14.3. The smallest absolute Gasteiger partial charge is 0.335 e. The third-order valence-corrected chi connectivity index (χ3v) is 13.8. The van der Waals surface area contributed by atoms with E-state index in [9.17, 15) is 83.1 Å². The molecule has 1 fully saturated rings. The number of nitrogens with one attached hydrogen (secondary N) is 9. The van der Waals surface area contributed by atoms with Crippen LogP contribution < -0.4 is 65.1 Å². The van der Waals surface area contributed by atoms with Gasteiger partial charge in [-0.15, -0.1) is 11.6 Å². The van der Waals surface area contributed by atoms with Gasteiger partial charge in [0, 0.05) is 14.1 Å².